The van der Waals surface area contributed by atoms with Crippen LogP contribution in [0.15, 0.2) is 73.2 Å². The van der Waals surface area contributed by atoms with Crippen molar-refractivity contribution in [3.8, 4) is 0 Å². The number of benzene rings is 2. The summed E-state index contributed by atoms with van der Waals surface area (Å²) in [5, 5.41) is 3.79. The van der Waals surface area contributed by atoms with Crippen molar-refractivity contribution in [3.05, 3.63) is 101 Å². The second-order valence-electron chi connectivity index (χ2n) is 7.95. The van der Waals surface area contributed by atoms with Crippen molar-refractivity contribution in [2.24, 2.45) is 0 Å². The van der Waals surface area contributed by atoms with E-state index in [9.17, 15) is 18.0 Å². The fourth-order valence-corrected chi connectivity index (χ4v) is 4.12. The van der Waals surface area contributed by atoms with Crippen LogP contribution >= 0.6 is 0 Å². The third kappa shape index (κ3) is 5.08. The van der Waals surface area contributed by atoms with E-state index < -0.39 is 17.7 Å². The Kier molecular flexibility index (Phi) is 6.49. The highest BCUT2D eigenvalue weighted by Gasteiger charge is 2.32. The van der Waals surface area contributed by atoms with Crippen LogP contribution in [0.1, 0.15) is 47.1 Å². The minimum Gasteiger partial charge on any atom is -0.361 e. The largest absolute Gasteiger partial charge is 0.416 e. The molecule has 0 bridgehead atoms. The third-order valence-corrected chi connectivity index (χ3v) is 5.83. The lowest BCUT2D eigenvalue weighted by atomic mass is 9.86. The van der Waals surface area contributed by atoms with Crippen molar-refractivity contribution >= 4 is 16.8 Å². The molecule has 0 saturated carbocycles. The minimum atomic E-state index is -4.46. The van der Waals surface area contributed by atoms with E-state index in [1.165, 1.54) is 6.07 Å². The van der Waals surface area contributed by atoms with Crippen molar-refractivity contribution in [1.82, 2.24) is 15.3 Å². The number of alkyl halides is 3. The maximum absolute atomic E-state index is 13.4. The predicted octanol–water partition coefficient (Wildman–Crippen LogP) is 5.98. The second kappa shape index (κ2) is 9.48. The molecule has 4 rings (SSSR count). The van der Waals surface area contributed by atoms with Gasteiger partial charge < -0.3 is 10.3 Å². The van der Waals surface area contributed by atoms with Crippen LogP contribution in [-0.2, 0) is 23.9 Å². The van der Waals surface area contributed by atoms with Crippen molar-refractivity contribution in [1.29, 1.82) is 0 Å². The number of para-hydroxylation sites is 1. The highest BCUT2D eigenvalue weighted by Crippen LogP contribution is 2.37. The van der Waals surface area contributed by atoms with Crippen LogP contribution in [0, 0.1) is 0 Å². The number of halogens is 3. The Hall–Kier alpha value is -3.61. The Morgan fingerprint density at radius 3 is 2.58 bits per heavy atom. The van der Waals surface area contributed by atoms with E-state index in [4.69, 9.17) is 0 Å². The summed E-state index contributed by atoms with van der Waals surface area (Å²) in [4.78, 5) is 20.1. The van der Waals surface area contributed by atoms with Gasteiger partial charge in [-0.2, -0.15) is 13.2 Å². The standard InChI is InChI=1S/C26H24F3N3O/c1-2-18-5-4-8-21-23(16-32-25(18)21)22(19-6-3-7-20(13-19)26(27,28)29)14-24(33)31-15-17-9-11-30-12-10-17/h3-13,16,22,32H,2,14-15H2,1H3,(H,31,33). The molecular weight excluding hydrogens is 427 g/mol. The molecule has 33 heavy (non-hydrogen) atoms. The molecule has 0 radical (unpaired) electrons. The van der Waals surface area contributed by atoms with E-state index in [2.05, 4.69) is 15.3 Å². The SMILES string of the molecule is CCc1cccc2c(C(CC(=O)NCc3ccncc3)c3cccc(C(F)(F)F)c3)c[nH]c12. The smallest absolute Gasteiger partial charge is 0.361 e. The number of carbonyl (C=O) groups excluding carboxylic acids is 1. The van der Waals surface area contributed by atoms with E-state index in [0.29, 0.717) is 12.1 Å². The van der Waals surface area contributed by atoms with E-state index >= 15 is 0 Å². The Morgan fingerprint density at radius 1 is 1.09 bits per heavy atom. The average molecular weight is 451 g/mol. The molecule has 2 aromatic heterocycles. The first-order valence-corrected chi connectivity index (χ1v) is 10.8. The van der Waals surface area contributed by atoms with Gasteiger partial charge >= 0.3 is 6.18 Å². The van der Waals surface area contributed by atoms with Crippen LogP contribution in [0.4, 0.5) is 13.2 Å². The van der Waals surface area contributed by atoms with E-state index in [0.717, 1.165) is 46.1 Å². The first-order chi connectivity index (χ1) is 15.9. The number of nitrogens with one attached hydrogen (secondary N) is 2. The molecule has 0 fully saturated rings. The molecule has 0 aliphatic heterocycles. The molecular formula is C26H24F3N3O. The monoisotopic (exact) mass is 451 g/mol. The number of fused-ring (bicyclic) bond motifs is 1. The van der Waals surface area contributed by atoms with Crippen LogP contribution in [0.3, 0.4) is 0 Å². The van der Waals surface area contributed by atoms with Crippen LogP contribution in [0.5, 0.6) is 0 Å². The molecule has 4 nitrogen and oxygen atoms in total. The van der Waals surface area contributed by atoms with Crippen LogP contribution < -0.4 is 5.32 Å². The molecule has 2 N–H and O–H groups in total. The van der Waals surface area contributed by atoms with Crippen molar-refractivity contribution in [2.45, 2.75) is 38.4 Å². The number of aryl methyl sites for hydroxylation is 1. The zero-order valence-corrected chi connectivity index (χ0v) is 18.1. The number of rotatable bonds is 7. The van der Waals surface area contributed by atoms with E-state index in [1.807, 2.05) is 31.3 Å². The topological polar surface area (TPSA) is 57.8 Å². The molecule has 0 spiro atoms. The molecule has 7 heteroatoms. The predicted molar refractivity (Wildman–Crippen MR) is 122 cm³/mol. The number of nitrogens with zero attached hydrogens (tertiary/aromatic N) is 1. The third-order valence-electron chi connectivity index (χ3n) is 5.83. The molecule has 0 aliphatic rings. The molecule has 0 saturated heterocycles. The van der Waals surface area contributed by atoms with Gasteiger partial charge in [0.05, 0.1) is 5.56 Å². The molecule has 2 heterocycles. The first-order valence-electron chi connectivity index (χ1n) is 10.8. The number of carbonyl (C=O) groups is 1. The number of aromatic amines is 1. The fourth-order valence-electron chi connectivity index (χ4n) is 4.12. The molecule has 1 atom stereocenters. The summed E-state index contributed by atoms with van der Waals surface area (Å²) in [6.07, 6.45) is 1.48. The Bertz CT molecular complexity index is 1250. The Morgan fingerprint density at radius 2 is 1.85 bits per heavy atom. The highest BCUT2D eigenvalue weighted by molar-refractivity contribution is 5.88. The van der Waals surface area contributed by atoms with Gasteiger partial charge in [0.1, 0.15) is 0 Å². The van der Waals surface area contributed by atoms with Gasteiger partial charge in [0.15, 0.2) is 0 Å². The summed E-state index contributed by atoms with van der Waals surface area (Å²) >= 11 is 0. The lowest BCUT2D eigenvalue weighted by Crippen LogP contribution is -2.25. The Balaban J connectivity index is 1.70. The second-order valence-corrected chi connectivity index (χ2v) is 7.95. The molecule has 0 aliphatic carbocycles. The molecule has 170 valence electrons. The van der Waals surface area contributed by atoms with E-state index in [-0.39, 0.29) is 12.3 Å². The number of hydrogen-bond donors (Lipinski definition) is 2. The summed E-state index contributed by atoms with van der Waals surface area (Å²) in [5.41, 5.74) is 3.49. The van der Waals surface area contributed by atoms with Gasteiger partial charge in [0.2, 0.25) is 5.91 Å². The summed E-state index contributed by atoms with van der Waals surface area (Å²) in [6.45, 7) is 2.37. The van der Waals surface area contributed by atoms with Gasteiger partial charge in [-0.15, -0.1) is 0 Å². The maximum Gasteiger partial charge on any atom is 0.416 e. The van der Waals surface area contributed by atoms with Crippen molar-refractivity contribution < 1.29 is 18.0 Å². The molecule has 4 aromatic rings. The number of pyridine rings is 1. The molecule has 1 amide bonds. The van der Waals surface area contributed by atoms with Gasteiger partial charge in [-0.25, -0.2) is 0 Å². The average Bonchev–Trinajstić information content (AvgIpc) is 3.25. The fraction of sp³-hybridized carbons (Fsp3) is 0.231. The van der Waals surface area contributed by atoms with Crippen LogP contribution in [-0.4, -0.2) is 15.9 Å². The summed E-state index contributed by atoms with van der Waals surface area (Å²) < 4.78 is 40.2. The quantitative estimate of drug-likeness (QED) is 0.363. The van der Waals surface area contributed by atoms with Gasteiger partial charge in [0.25, 0.3) is 0 Å². The maximum atomic E-state index is 13.4. The lowest BCUT2D eigenvalue weighted by Gasteiger charge is -2.19. The summed E-state index contributed by atoms with van der Waals surface area (Å²) in [7, 11) is 0. The first kappa shape index (κ1) is 22.6. The zero-order chi connectivity index (χ0) is 23.4. The van der Waals surface area contributed by atoms with Gasteiger partial charge in [0, 0.05) is 48.4 Å². The summed E-state index contributed by atoms with van der Waals surface area (Å²) in [5.74, 6) is -0.777. The van der Waals surface area contributed by atoms with Crippen molar-refractivity contribution in [2.75, 3.05) is 0 Å². The van der Waals surface area contributed by atoms with E-state index in [1.54, 1.807) is 30.6 Å². The summed E-state index contributed by atoms with van der Waals surface area (Å²) in [6, 6.07) is 14.7. The van der Waals surface area contributed by atoms with Crippen molar-refractivity contribution in [3.63, 3.8) is 0 Å². The minimum absolute atomic E-state index is 0.0235. The van der Waals surface area contributed by atoms with Crippen LogP contribution in [0.2, 0.25) is 0 Å². The van der Waals surface area contributed by atoms with Gasteiger partial charge in [-0.3, -0.25) is 9.78 Å². The Labute approximate surface area is 189 Å². The van der Waals surface area contributed by atoms with Crippen LogP contribution in [0.25, 0.3) is 10.9 Å². The molecule has 1 unspecified atom stereocenters. The number of hydrogen-bond acceptors (Lipinski definition) is 2. The normalized spacial score (nSPS) is 12.6. The number of aromatic nitrogens is 2. The zero-order valence-electron chi connectivity index (χ0n) is 18.1. The highest BCUT2D eigenvalue weighted by atomic mass is 19.4. The number of H-pyrrole nitrogens is 1. The lowest BCUT2D eigenvalue weighted by molar-refractivity contribution is -0.137. The number of amides is 1. The molecule has 2 aromatic carbocycles. The van der Waals surface area contributed by atoms with Gasteiger partial charge in [-0.1, -0.05) is 43.3 Å². The van der Waals surface area contributed by atoms with Gasteiger partial charge in [-0.05, 0) is 46.9 Å².